The summed E-state index contributed by atoms with van der Waals surface area (Å²) in [5.74, 6) is -2.64. The quantitative estimate of drug-likeness (QED) is 0.585. The van der Waals surface area contributed by atoms with Crippen LogP contribution in [0, 0.1) is 5.82 Å². The number of rotatable bonds is 6. The lowest BCUT2D eigenvalue weighted by Crippen LogP contribution is -2.49. The molecule has 3 aromatic carbocycles. The molecular formula is C25H20FN3O5. The number of benzene rings is 3. The van der Waals surface area contributed by atoms with Crippen LogP contribution in [0.25, 0.3) is 0 Å². The van der Waals surface area contributed by atoms with Crippen LogP contribution in [0.15, 0.2) is 83.9 Å². The molecule has 2 N–H and O–H groups in total. The van der Waals surface area contributed by atoms with Crippen LogP contribution in [0.2, 0.25) is 0 Å². The second-order valence-electron chi connectivity index (χ2n) is 7.40. The number of anilines is 1. The zero-order chi connectivity index (χ0) is 24.1. The van der Waals surface area contributed by atoms with Crippen molar-refractivity contribution >= 4 is 29.4 Å². The zero-order valence-corrected chi connectivity index (χ0v) is 17.8. The Morgan fingerprint density at radius 2 is 1.62 bits per heavy atom. The van der Waals surface area contributed by atoms with Gasteiger partial charge in [-0.05, 0) is 23.8 Å². The van der Waals surface area contributed by atoms with E-state index in [0.717, 1.165) is 10.5 Å². The van der Waals surface area contributed by atoms with Crippen LogP contribution in [0.4, 0.5) is 14.9 Å². The maximum atomic E-state index is 14.7. The van der Waals surface area contributed by atoms with Crippen LogP contribution in [0.5, 0.6) is 0 Å². The molecule has 3 aromatic rings. The standard InChI is InChI=1S/C25H20FN3O5/c26-19-12-6-4-10-17(19)22-18-11-5-7-13-20(18)29(14-21(30)31)24(32)23(27-22)28-25(33)34-15-16-8-2-1-3-9-16/h1-13,23H,14-15H2,(H,28,33)(H,30,31)/t23-/m1/s1. The van der Waals surface area contributed by atoms with Gasteiger partial charge >= 0.3 is 12.1 Å². The summed E-state index contributed by atoms with van der Waals surface area (Å²) >= 11 is 0. The van der Waals surface area contributed by atoms with E-state index in [9.17, 15) is 23.9 Å². The van der Waals surface area contributed by atoms with Gasteiger partial charge in [-0.1, -0.05) is 60.7 Å². The summed E-state index contributed by atoms with van der Waals surface area (Å²) in [6.45, 7) is -0.719. The maximum absolute atomic E-state index is 14.7. The topological polar surface area (TPSA) is 108 Å². The van der Waals surface area contributed by atoms with E-state index in [4.69, 9.17) is 4.74 Å². The Labute approximate surface area is 194 Å². The Hall–Kier alpha value is -4.53. The van der Waals surface area contributed by atoms with Gasteiger partial charge in [-0.15, -0.1) is 0 Å². The molecule has 0 aliphatic carbocycles. The Balaban J connectivity index is 1.72. The molecule has 8 nitrogen and oxygen atoms in total. The zero-order valence-electron chi connectivity index (χ0n) is 17.8. The van der Waals surface area contributed by atoms with Crippen molar-refractivity contribution in [2.75, 3.05) is 11.4 Å². The predicted molar refractivity (Wildman–Crippen MR) is 122 cm³/mol. The van der Waals surface area contributed by atoms with Crippen LogP contribution in [0.3, 0.4) is 0 Å². The van der Waals surface area contributed by atoms with E-state index in [-0.39, 0.29) is 23.6 Å². The molecule has 0 bridgehead atoms. The number of hydrogen-bond acceptors (Lipinski definition) is 5. The highest BCUT2D eigenvalue weighted by molar-refractivity contribution is 6.20. The molecule has 0 radical (unpaired) electrons. The summed E-state index contributed by atoms with van der Waals surface area (Å²) in [4.78, 5) is 42.7. The van der Waals surface area contributed by atoms with Gasteiger partial charge in [0.2, 0.25) is 6.17 Å². The van der Waals surface area contributed by atoms with Crippen molar-refractivity contribution in [2.24, 2.45) is 4.99 Å². The fourth-order valence-corrected chi connectivity index (χ4v) is 3.57. The van der Waals surface area contributed by atoms with Crippen molar-refractivity contribution in [2.45, 2.75) is 12.8 Å². The second-order valence-corrected chi connectivity index (χ2v) is 7.40. The van der Waals surface area contributed by atoms with E-state index >= 15 is 0 Å². The molecule has 0 fully saturated rings. The normalized spacial score (nSPS) is 15.1. The molecule has 0 unspecified atom stereocenters. The predicted octanol–water partition coefficient (Wildman–Crippen LogP) is 3.35. The average Bonchev–Trinajstić information content (AvgIpc) is 2.94. The fourth-order valence-electron chi connectivity index (χ4n) is 3.57. The number of carboxylic acid groups (broad SMARTS) is 1. The van der Waals surface area contributed by atoms with Gasteiger partial charge in [0.1, 0.15) is 19.0 Å². The van der Waals surface area contributed by atoms with Crippen LogP contribution in [-0.4, -0.2) is 41.5 Å². The smallest absolute Gasteiger partial charge is 0.409 e. The van der Waals surface area contributed by atoms with Crippen LogP contribution >= 0.6 is 0 Å². The number of para-hydroxylation sites is 1. The number of carbonyl (C=O) groups excluding carboxylic acids is 2. The van der Waals surface area contributed by atoms with E-state index in [1.165, 1.54) is 18.2 Å². The molecule has 9 heteroatoms. The number of fused-ring (bicyclic) bond motifs is 1. The number of nitrogens with zero attached hydrogens (tertiary/aromatic N) is 2. The van der Waals surface area contributed by atoms with E-state index in [0.29, 0.717) is 5.56 Å². The molecule has 34 heavy (non-hydrogen) atoms. The number of ether oxygens (including phenoxy) is 1. The van der Waals surface area contributed by atoms with Crippen molar-refractivity contribution in [3.63, 3.8) is 0 Å². The molecule has 1 aliphatic rings. The number of benzodiazepines with no additional fused rings is 1. The third kappa shape index (κ3) is 4.93. The number of halogens is 1. The van der Waals surface area contributed by atoms with Gasteiger partial charge in [-0.3, -0.25) is 19.8 Å². The molecular weight excluding hydrogens is 441 g/mol. The van der Waals surface area contributed by atoms with Gasteiger partial charge in [0.15, 0.2) is 0 Å². The Morgan fingerprint density at radius 1 is 0.971 bits per heavy atom. The summed E-state index contributed by atoms with van der Waals surface area (Å²) in [6.07, 6.45) is -2.47. The van der Waals surface area contributed by atoms with Gasteiger partial charge in [-0.25, -0.2) is 14.2 Å². The van der Waals surface area contributed by atoms with E-state index in [1.807, 2.05) is 6.07 Å². The lowest BCUT2D eigenvalue weighted by atomic mass is 10.00. The number of aliphatic imine (C=N–C) groups is 1. The first kappa shape index (κ1) is 22.7. The summed E-state index contributed by atoms with van der Waals surface area (Å²) in [7, 11) is 0. The fraction of sp³-hybridized carbons (Fsp3) is 0.120. The summed E-state index contributed by atoms with van der Waals surface area (Å²) < 4.78 is 19.9. The van der Waals surface area contributed by atoms with E-state index < -0.39 is 36.5 Å². The van der Waals surface area contributed by atoms with Crippen molar-refractivity contribution in [3.8, 4) is 0 Å². The minimum atomic E-state index is -1.54. The molecule has 172 valence electrons. The minimum absolute atomic E-state index is 0.0451. The number of nitrogens with one attached hydrogen (secondary N) is 1. The molecule has 1 atom stereocenters. The van der Waals surface area contributed by atoms with Gasteiger partial charge in [0.05, 0.1) is 11.4 Å². The first-order valence-corrected chi connectivity index (χ1v) is 10.4. The summed E-state index contributed by atoms with van der Waals surface area (Å²) in [6, 6.07) is 21.3. The molecule has 1 aliphatic heterocycles. The largest absolute Gasteiger partial charge is 0.480 e. The van der Waals surface area contributed by atoms with Crippen molar-refractivity contribution in [1.29, 1.82) is 0 Å². The number of carbonyl (C=O) groups is 3. The molecule has 4 rings (SSSR count). The van der Waals surface area contributed by atoms with Gasteiger partial charge in [-0.2, -0.15) is 0 Å². The third-order valence-corrected chi connectivity index (χ3v) is 5.10. The number of alkyl carbamates (subject to hydrolysis) is 1. The Bertz CT molecular complexity index is 1260. The Morgan fingerprint density at radius 3 is 2.32 bits per heavy atom. The van der Waals surface area contributed by atoms with Crippen LogP contribution in [0.1, 0.15) is 16.7 Å². The second kappa shape index (κ2) is 9.95. The molecule has 0 aromatic heterocycles. The lowest BCUT2D eigenvalue weighted by Gasteiger charge is -2.23. The van der Waals surface area contributed by atoms with Crippen LogP contribution < -0.4 is 10.2 Å². The van der Waals surface area contributed by atoms with Crippen LogP contribution in [-0.2, 0) is 20.9 Å². The first-order valence-electron chi connectivity index (χ1n) is 10.4. The van der Waals surface area contributed by atoms with Gasteiger partial charge in [0, 0.05) is 11.1 Å². The van der Waals surface area contributed by atoms with Gasteiger partial charge in [0.25, 0.3) is 5.91 Å². The number of aliphatic carboxylic acids is 1. The highest BCUT2D eigenvalue weighted by Gasteiger charge is 2.34. The highest BCUT2D eigenvalue weighted by atomic mass is 19.1. The van der Waals surface area contributed by atoms with E-state index in [1.54, 1.807) is 54.6 Å². The third-order valence-electron chi connectivity index (χ3n) is 5.10. The van der Waals surface area contributed by atoms with E-state index in [2.05, 4.69) is 10.3 Å². The number of amides is 2. The molecule has 1 heterocycles. The maximum Gasteiger partial charge on any atom is 0.409 e. The SMILES string of the molecule is O=C(O)CN1C(=O)[C@@H](NC(=O)OCc2ccccc2)N=C(c2ccccc2F)c2ccccc21. The minimum Gasteiger partial charge on any atom is -0.480 e. The molecule has 2 amide bonds. The number of carboxylic acids is 1. The summed E-state index contributed by atoms with van der Waals surface area (Å²) in [5, 5.41) is 11.8. The molecule has 0 saturated heterocycles. The monoisotopic (exact) mass is 461 g/mol. The Kier molecular flexibility index (Phi) is 6.63. The highest BCUT2D eigenvalue weighted by Crippen LogP contribution is 2.29. The van der Waals surface area contributed by atoms with Crippen molar-refractivity contribution in [3.05, 3.63) is 101 Å². The first-order chi connectivity index (χ1) is 16.4. The summed E-state index contributed by atoms with van der Waals surface area (Å²) in [5.41, 5.74) is 1.52. The molecule has 0 spiro atoms. The number of hydrogen-bond donors (Lipinski definition) is 2. The average molecular weight is 461 g/mol. The van der Waals surface area contributed by atoms with Crippen molar-refractivity contribution in [1.82, 2.24) is 5.32 Å². The van der Waals surface area contributed by atoms with Gasteiger partial charge < -0.3 is 9.84 Å². The lowest BCUT2D eigenvalue weighted by molar-refractivity contribution is -0.136. The van der Waals surface area contributed by atoms with Crippen molar-refractivity contribution < 1.29 is 28.6 Å². The molecule has 0 saturated carbocycles.